The zero-order chi connectivity index (χ0) is 18.8. The molecule has 26 heavy (non-hydrogen) atoms. The van der Waals surface area contributed by atoms with Crippen LogP contribution in [0.15, 0.2) is 30.7 Å². The monoisotopic (exact) mass is 357 g/mol. The Morgan fingerprint density at radius 2 is 2.08 bits per heavy atom. The van der Waals surface area contributed by atoms with Gasteiger partial charge in [0.1, 0.15) is 11.9 Å². The van der Waals surface area contributed by atoms with E-state index in [4.69, 9.17) is 4.74 Å². The normalized spacial score (nSPS) is 20.2. The van der Waals surface area contributed by atoms with Gasteiger partial charge in [-0.05, 0) is 12.5 Å². The van der Waals surface area contributed by atoms with E-state index in [1.54, 1.807) is 55.5 Å². The van der Waals surface area contributed by atoms with Crippen LogP contribution in [0.25, 0.3) is 0 Å². The molecule has 8 nitrogen and oxygen atoms in total. The molecule has 1 saturated heterocycles. The van der Waals surface area contributed by atoms with E-state index in [-0.39, 0.29) is 17.7 Å². The first-order valence-electron chi connectivity index (χ1n) is 8.44. The van der Waals surface area contributed by atoms with Gasteiger partial charge in [-0.3, -0.25) is 9.59 Å². The number of amides is 2. The first kappa shape index (κ1) is 17.9. The van der Waals surface area contributed by atoms with Gasteiger partial charge in [0.2, 0.25) is 17.7 Å². The Kier molecular flexibility index (Phi) is 4.92. The lowest BCUT2D eigenvalue weighted by Crippen LogP contribution is -2.47. The number of hydrogen-bond acceptors (Lipinski definition) is 5. The van der Waals surface area contributed by atoms with Gasteiger partial charge in [0.25, 0.3) is 0 Å². The Labute approximate surface area is 152 Å². The molecule has 0 N–H and O–H groups in total. The fourth-order valence-electron chi connectivity index (χ4n) is 3.38. The predicted octanol–water partition coefficient (Wildman–Crippen LogP) is 1.40. The fraction of sp³-hybridized carbons (Fsp3) is 0.444. The molecule has 0 unspecified atom stereocenters. The molecule has 0 spiro atoms. The number of aromatic nitrogens is 3. The summed E-state index contributed by atoms with van der Waals surface area (Å²) in [5.41, 5.74) is 0.675. The van der Waals surface area contributed by atoms with Gasteiger partial charge in [-0.1, -0.05) is 0 Å². The van der Waals surface area contributed by atoms with E-state index < -0.39 is 6.04 Å². The van der Waals surface area contributed by atoms with Crippen LogP contribution in [0.5, 0.6) is 5.88 Å². The fourth-order valence-corrected chi connectivity index (χ4v) is 3.38. The third-order valence-electron chi connectivity index (χ3n) is 4.95. The third-order valence-corrected chi connectivity index (χ3v) is 4.95. The number of pyridine rings is 1. The molecular formula is C18H23N5O3. The smallest absolute Gasteiger partial charge is 0.232 e. The molecule has 2 amide bonds. The Morgan fingerprint density at radius 1 is 1.31 bits per heavy atom. The van der Waals surface area contributed by atoms with Crippen molar-refractivity contribution in [3.63, 3.8) is 0 Å². The van der Waals surface area contributed by atoms with Crippen LogP contribution < -0.4 is 9.64 Å². The van der Waals surface area contributed by atoms with Crippen LogP contribution in [0.4, 0.5) is 5.69 Å². The van der Waals surface area contributed by atoms with Gasteiger partial charge in [0.15, 0.2) is 0 Å². The highest BCUT2D eigenvalue weighted by molar-refractivity contribution is 5.96. The minimum atomic E-state index is -0.391. The second kappa shape index (κ2) is 7.15. The lowest BCUT2D eigenvalue weighted by Gasteiger charge is -2.39. The van der Waals surface area contributed by atoms with Crippen LogP contribution in [0.2, 0.25) is 0 Å². The maximum atomic E-state index is 13.2. The number of aryl methyl sites for hydroxylation is 1. The number of methoxy groups -OCH3 is 1. The number of anilines is 1. The number of piperidine rings is 1. The molecule has 0 radical (unpaired) electrons. The van der Waals surface area contributed by atoms with Crippen molar-refractivity contribution in [1.29, 1.82) is 0 Å². The van der Waals surface area contributed by atoms with E-state index in [0.717, 1.165) is 0 Å². The number of ether oxygens (including phenoxy) is 1. The maximum Gasteiger partial charge on any atom is 0.232 e. The molecule has 1 aliphatic rings. The highest BCUT2D eigenvalue weighted by atomic mass is 16.5. The maximum absolute atomic E-state index is 13.2. The van der Waals surface area contributed by atoms with Crippen molar-refractivity contribution in [2.45, 2.75) is 18.9 Å². The van der Waals surface area contributed by atoms with Crippen molar-refractivity contribution in [2.24, 2.45) is 13.0 Å². The molecule has 138 valence electrons. The summed E-state index contributed by atoms with van der Waals surface area (Å²) in [7, 11) is 6.87. The molecule has 2 aromatic heterocycles. The quantitative estimate of drug-likeness (QED) is 0.826. The number of imidazole rings is 1. The van der Waals surface area contributed by atoms with Gasteiger partial charge < -0.3 is 19.1 Å². The van der Waals surface area contributed by atoms with Crippen molar-refractivity contribution < 1.29 is 14.3 Å². The highest BCUT2D eigenvalue weighted by Crippen LogP contribution is 2.36. The standard InChI is InChI=1S/C18H23N5O3/c1-21-10-9-19-17(21)16-13(6-8-15(24)23(16)3)18(25)22(2)12-5-7-14(26-4)20-11-12/h5,7,9-11,13,16H,6,8H2,1-4H3/t13-,16-/m0/s1. The number of carbonyl (C=O) groups excluding carboxylic acids is 2. The largest absolute Gasteiger partial charge is 0.481 e. The van der Waals surface area contributed by atoms with Crippen LogP contribution in [0.3, 0.4) is 0 Å². The van der Waals surface area contributed by atoms with Gasteiger partial charge in [-0.15, -0.1) is 0 Å². The first-order valence-corrected chi connectivity index (χ1v) is 8.44. The summed E-state index contributed by atoms with van der Waals surface area (Å²) in [5.74, 6) is 0.787. The van der Waals surface area contributed by atoms with Gasteiger partial charge >= 0.3 is 0 Å². The Bertz CT molecular complexity index is 801. The van der Waals surface area contributed by atoms with E-state index in [9.17, 15) is 9.59 Å². The number of nitrogens with zero attached hydrogens (tertiary/aromatic N) is 5. The van der Waals surface area contributed by atoms with Crippen LogP contribution in [0.1, 0.15) is 24.7 Å². The second-order valence-corrected chi connectivity index (χ2v) is 6.45. The van der Waals surface area contributed by atoms with Gasteiger partial charge in [0, 0.05) is 46.0 Å². The number of hydrogen-bond donors (Lipinski definition) is 0. The minimum absolute atomic E-state index is 0.0239. The summed E-state index contributed by atoms with van der Waals surface area (Å²) in [6.07, 6.45) is 5.95. The summed E-state index contributed by atoms with van der Waals surface area (Å²) in [5, 5.41) is 0. The lowest BCUT2D eigenvalue weighted by atomic mass is 9.87. The zero-order valence-electron chi connectivity index (χ0n) is 15.4. The summed E-state index contributed by atoms with van der Waals surface area (Å²) < 4.78 is 6.92. The van der Waals surface area contributed by atoms with Crippen LogP contribution in [0, 0.1) is 5.92 Å². The third kappa shape index (κ3) is 3.14. The van der Waals surface area contributed by atoms with E-state index in [1.807, 2.05) is 17.8 Å². The van der Waals surface area contributed by atoms with Crippen LogP contribution >= 0.6 is 0 Å². The average Bonchev–Trinajstić information content (AvgIpc) is 3.08. The zero-order valence-corrected chi connectivity index (χ0v) is 15.4. The Balaban J connectivity index is 1.90. The number of carbonyl (C=O) groups is 2. The summed E-state index contributed by atoms with van der Waals surface area (Å²) >= 11 is 0. The van der Waals surface area contributed by atoms with Crippen LogP contribution in [-0.4, -0.2) is 52.5 Å². The number of rotatable bonds is 4. The number of likely N-dealkylation sites (tertiary alicyclic amines) is 1. The molecular weight excluding hydrogens is 334 g/mol. The molecule has 0 bridgehead atoms. The molecule has 1 fully saturated rings. The Hall–Kier alpha value is -2.90. The molecule has 2 atom stereocenters. The van der Waals surface area contributed by atoms with E-state index in [0.29, 0.717) is 30.2 Å². The van der Waals surface area contributed by atoms with E-state index >= 15 is 0 Å². The summed E-state index contributed by atoms with van der Waals surface area (Å²) in [6, 6.07) is 3.11. The van der Waals surface area contributed by atoms with E-state index in [2.05, 4.69) is 9.97 Å². The second-order valence-electron chi connectivity index (χ2n) is 6.45. The van der Waals surface area contributed by atoms with Crippen LogP contribution in [-0.2, 0) is 16.6 Å². The van der Waals surface area contributed by atoms with Crippen molar-refractivity contribution in [1.82, 2.24) is 19.4 Å². The molecule has 0 saturated carbocycles. The van der Waals surface area contributed by atoms with E-state index in [1.165, 1.54) is 0 Å². The molecule has 3 heterocycles. The van der Waals surface area contributed by atoms with Gasteiger partial charge in [0.05, 0.1) is 24.9 Å². The molecule has 3 rings (SSSR count). The molecule has 0 aliphatic carbocycles. The summed E-state index contributed by atoms with van der Waals surface area (Å²) in [6.45, 7) is 0. The van der Waals surface area contributed by atoms with Crippen molar-refractivity contribution in [3.05, 3.63) is 36.5 Å². The van der Waals surface area contributed by atoms with Crippen molar-refractivity contribution in [3.8, 4) is 5.88 Å². The highest BCUT2D eigenvalue weighted by Gasteiger charge is 2.42. The van der Waals surface area contributed by atoms with Crippen molar-refractivity contribution >= 4 is 17.5 Å². The Morgan fingerprint density at radius 3 is 2.65 bits per heavy atom. The first-order chi connectivity index (χ1) is 12.4. The summed E-state index contributed by atoms with van der Waals surface area (Å²) in [4.78, 5) is 37.2. The molecule has 1 aliphatic heterocycles. The predicted molar refractivity (Wildman–Crippen MR) is 95.6 cm³/mol. The molecule has 0 aromatic carbocycles. The van der Waals surface area contributed by atoms with Gasteiger partial charge in [-0.2, -0.15) is 0 Å². The molecule has 2 aromatic rings. The topological polar surface area (TPSA) is 80.6 Å². The van der Waals surface area contributed by atoms with Crippen molar-refractivity contribution in [2.75, 3.05) is 26.1 Å². The SMILES string of the molecule is COc1ccc(N(C)C(=O)[C@H]2CCC(=O)N(C)[C@@H]2c2nccn2C)cn1. The lowest BCUT2D eigenvalue weighted by molar-refractivity contribution is -0.141. The minimum Gasteiger partial charge on any atom is -0.481 e. The average molecular weight is 357 g/mol. The molecule has 8 heteroatoms. The van der Waals surface area contributed by atoms with Gasteiger partial charge in [-0.25, -0.2) is 9.97 Å².